The molecule has 5 atom stereocenters. The molecule has 31 heavy (non-hydrogen) atoms. The van der Waals surface area contributed by atoms with Crippen molar-refractivity contribution in [2.45, 2.75) is 44.1 Å². The number of aliphatic hydroxyl groups is 3. The van der Waals surface area contributed by atoms with Gasteiger partial charge in [-0.05, 0) is 5.56 Å². The maximum absolute atomic E-state index is 12.2. The molecule has 1 aliphatic heterocycles. The Morgan fingerprint density at radius 1 is 1.06 bits per heavy atom. The highest BCUT2D eigenvalue weighted by Crippen LogP contribution is 2.20. The fraction of sp³-hybridized carbons (Fsp3) is 0.474. The second kappa shape index (κ2) is 11.4. The van der Waals surface area contributed by atoms with E-state index in [1.807, 2.05) is 0 Å². The third-order valence-electron chi connectivity index (χ3n) is 4.43. The molecular formula is C19H25N3O9. The zero-order chi connectivity index (χ0) is 23.0. The molecule has 1 aromatic rings. The van der Waals surface area contributed by atoms with Crippen molar-refractivity contribution in [3.8, 4) is 0 Å². The lowest BCUT2D eigenvalue weighted by molar-refractivity contribution is -0.203. The first-order valence-electron chi connectivity index (χ1n) is 9.40. The van der Waals surface area contributed by atoms with Crippen LogP contribution in [-0.2, 0) is 30.5 Å². The second-order valence-corrected chi connectivity index (χ2v) is 6.80. The minimum absolute atomic E-state index is 0.0237. The summed E-state index contributed by atoms with van der Waals surface area (Å²) in [6, 6.07) is 7.54. The molecular weight excluding hydrogens is 414 g/mol. The first-order chi connectivity index (χ1) is 14.7. The number of hydrogen-bond acceptors (Lipinski definition) is 9. The molecule has 0 aromatic heterocycles. The second-order valence-electron chi connectivity index (χ2n) is 6.80. The first-order valence-corrected chi connectivity index (χ1v) is 9.40. The van der Waals surface area contributed by atoms with E-state index < -0.39 is 67.4 Å². The predicted octanol–water partition coefficient (Wildman–Crippen LogP) is -2.46. The predicted molar refractivity (Wildman–Crippen MR) is 103 cm³/mol. The molecule has 0 aliphatic carbocycles. The molecule has 12 nitrogen and oxygen atoms in total. The van der Waals surface area contributed by atoms with Crippen LogP contribution < -0.4 is 16.0 Å². The maximum Gasteiger partial charge on any atom is 0.407 e. The molecule has 170 valence electrons. The van der Waals surface area contributed by atoms with Crippen LogP contribution in [0.25, 0.3) is 0 Å². The highest BCUT2D eigenvalue weighted by Gasteiger charge is 2.45. The van der Waals surface area contributed by atoms with E-state index in [4.69, 9.17) is 9.47 Å². The summed E-state index contributed by atoms with van der Waals surface area (Å²) in [5, 5.41) is 36.0. The molecule has 0 radical (unpaired) electrons. The highest BCUT2D eigenvalue weighted by atomic mass is 16.6. The smallest absolute Gasteiger partial charge is 0.407 e. The molecule has 12 heteroatoms. The van der Waals surface area contributed by atoms with Gasteiger partial charge >= 0.3 is 6.09 Å². The topological polar surface area (TPSA) is 184 Å². The number of ketones is 1. The average molecular weight is 439 g/mol. The zero-order valence-electron chi connectivity index (χ0n) is 16.7. The van der Waals surface area contributed by atoms with E-state index in [0.717, 1.165) is 12.5 Å². The van der Waals surface area contributed by atoms with Crippen molar-refractivity contribution < 1.29 is 44.0 Å². The average Bonchev–Trinajstić information content (AvgIpc) is 2.75. The van der Waals surface area contributed by atoms with Gasteiger partial charge in [0, 0.05) is 6.92 Å². The van der Waals surface area contributed by atoms with E-state index in [2.05, 4.69) is 16.0 Å². The molecule has 0 bridgehead atoms. The standard InChI is InChI=1S/C19H25N3O9/c1-10(24)21-14-16(27)15(26)13(8-23)31-18(14)22-17(28)12(25)7-20-19(29)30-9-11-5-3-2-4-6-11/h2-6,13-16,18,23,26-27H,7-9H2,1H3,(H,20,29)(H,21,24)(H,22,28)/t13?,14-,15+,16?,18+/m0/s1. The van der Waals surface area contributed by atoms with Gasteiger partial charge in [-0.15, -0.1) is 0 Å². The van der Waals surface area contributed by atoms with Gasteiger partial charge in [0.15, 0.2) is 6.23 Å². The molecule has 1 fully saturated rings. The van der Waals surface area contributed by atoms with Gasteiger partial charge in [0.25, 0.3) is 5.91 Å². The van der Waals surface area contributed by atoms with Gasteiger partial charge in [0.05, 0.1) is 13.2 Å². The van der Waals surface area contributed by atoms with Gasteiger partial charge in [0.1, 0.15) is 31.0 Å². The summed E-state index contributed by atoms with van der Waals surface area (Å²) in [5.41, 5.74) is 0.736. The summed E-state index contributed by atoms with van der Waals surface area (Å²) in [7, 11) is 0. The molecule has 1 heterocycles. The number of Topliss-reactive ketones (excluding diaryl/α,β-unsaturated/α-hetero) is 1. The van der Waals surface area contributed by atoms with Crippen LogP contribution in [0.15, 0.2) is 30.3 Å². The summed E-state index contributed by atoms with van der Waals surface area (Å²) in [4.78, 5) is 47.3. The van der Waals surface area contributed by atoms with Gasteiger partial charge in [0.2, 0.25) is 11.7 Å². The van der Waals surface area contributed by atoms with Crippen LogP contribution in [-0.4, -0.2) is 82.7 Å². The highest BCUT2D eigenvalue weighted by molar-refractivity contribution is 6.37. The number of nitrogens with one attached hydrogen (secondary N) is 3. The Morgan fingerprint density at radius 3 is 2.35 bits per heavy atom. The first kappa shape index (κ1) is 24.2. The SMILES string of the molecule is CC(=O)N[C@H]1C(O)[C@H](O)C(CO)O[C@H]1NC(=O)C(=O)CNC(=O)OCc1ccccc1. The summed E-state index contributed by atoms with van der Waals surface area (Å²) in [5.74, 6) is -2.82. The van der Waals surface area contributed by atoms with Gasteiger partial charge in [-0.3, -0.25) is 14.4 Å². The fourth-order valence-electron chi connectivity index (χ4n) is 2.85. The number of carbonyl (C=O) groups excluding carboxylic acids is 4. The van der Waals surface area contributed by atoms with Crippen molar-refractivity contribution in [1.82, 2.24) is 16.0 Å². The van der Waals surface area contributed by atoms with Crippen molar-refractivity contribution in [2.24, 2.45) is 0 Å². The Bertz CT molecular complexity index is 789. The molecule has 2 unspecified atom stereocenters. The molecule has 1 saturated heterocycles. The maximum atomic E-state index is 12.2. The third-order valence-corrected chi connectivity index (χ3v) is 4.43. The summed E-state index contributed by atoms with van der Waals surface area (Å²) < 4.78 is 10.2. The minimum Gasteiger partial charge on any atom is -0.445 e. The third kappa shape index (κ3) is 7.00. The zero-order valence-corrected chi connectivity index (χ0v) is 16.7. The van der Waals surface area contributed by atoms with Crippen molar-refractivity contribution in [3.05, 3.63) is 35.9 Å². The van der Waals surface area contributed by atoms with Crippen LogP contribution in [0.3, 0.4) is 0 Å². The van der Waals surface area contributed by atoms with Crippen molar-refractivity contribution in [2.75, 3.05) is 13.2 Å². The fourth-order valence-corrected chi connectivity index (χ4v) is 2.85. The van der Waals surface area contributed by atoms with Crippen molar-refractivity contribution >= 4 is 23.7 Å². The monoisotopic (exact) mass is 439 g/mol. The summed E-state index contributed by atoms with van der Waals surface area (Å²) >= 11 is 0. The number of hydrogen-bond donors (Lipinski definition) is 6. The molecule has 0 saturated carbocycles. The summed E-state index contributed by atoms with van der Waals surface area (Å²) in [6.45, 7) is -0.234. The van der Waals surface area contributed by atoms with Gasteiger partial charge in [-0.1, -0.05) is 30.3 Å². The Morgan fingerprint density at radius 2 is 1.74 bits per heavy atom. The number of rotatable bonds is 8. The van der Waals surface area contributed by atoms with Crippen LogP contribution in [0.4, 0.5) is 4.79 Å². The van der Waals surface area contributed by atoms with E-state index in [0.29, 0.717) is 0 Å². The lowest BCUT2D eigenvalue weighted by Crippen LogP contribution is -2.68. The van der Waals surface area contributed by atoms with Crippen molar-refractivity contribution in [1.29, 1.82) is 0 Å². The summed E-state index contributed by atoms with van der Waals surface area (Å²) in [6.07, 6.45) is -6.70. The lowest BCUT2D eigenvalue weighted by atomic mass is 9.96. The normalized spacial score (nSPS) is 25.2. The Labute approximate surface area is 177 Å². The van der Waals surface area contributed by atoms with Crippen LogP contribution in [0, 0.1) is 0 Å². The molecule has 6 N–H and O–H groups in total. The van der Waals surface area contributed by atoms with Gasteiger partial charge in [-0.2, -0.15) is 0 Å². The van der Waals surface area contributed by atoms with E-state index in [-0.39, 0.29) is 6.61 Å². The van der Waals surface area contributed by atoms with Crippen LogP contribution >= 0.6 is 0 Å². The Hall–Kier alpha value is -3.06. The molecule has 3 amide bonds. The number of alkyl carbamates (subject to hydrolysis) is 1. The number of aliphatic hydroxyl groups excluding tert-OH is 3. The Kier molecular flexibility index (Phi) is 8.88. The van der Waals surface area contributed by atoms with Gasteiger partial charge < -0.3 is 40.7 Å². The van der Waals surface area contributed by atoms with Crippen LogP contribution in [0.2, 0.25) is 0 Å². The largest absolute Gasteiger partial charge is 0.445 e. The quantitative estimate of drug-likeness (QED) is 0.239. The number of amides is 3. The van der Waals surface area contributed by atoms with E-state index in [9.17, 15) is 34.5 Å². The van der Waals surface area contributed by atoms with Gasteiger partial charge in [-0.25, -0.2) is 4.79 Å². The van der Waals surface area contributed by atoms with Crippen molar-refractivity contribution in [3.63, 3.8) is 0 Å². The number of ether oxygens (including phenoxy) is 2. The van der Waals surface area contributed by atoms with Crippen LogP contribution in [0.1, 0.15) is 12.5 Å². The lowest BCUT2D eigenvalue weighted by Gasteiger charge is -2.42. The number of carbonyl (C=O) groups is 4. The molecule has 1 aromatic carbocycles. The van der Waals surface area contributed by atoms with E-state index in [1.165, 1.54) is 0 Å². The number of benzene rings is 1. The van der Waals surface area contributed by atoms with Crippen LogP contribution in [0.5, 0.6) is 0 Å². The molecule has 0 spiro atoms. The Balaban J connectivity index is 1.88. The van der Waals surface area contributed by atoms with E-state index >= 15 is 0 Å². The van der Waals surface area contributed by atoms with E-state index in [1.54, 1.807) is 30.3 Å². The minimum atomic E-state index is -1.58. The molecule has 1 aliphatic rings. The molecule has 2 rings (SSSR count).